The van der Waals surface area contributed by atoms with E-state index in [9.17, 15) is 13.2 Å². The molecule has 0 spiro atoms. The van der Waals surface area contributed by atoms with Crippen LogP contribution in [0.5, 0.6) is 5.75 Å². The van der Waals surface area contributed by atoms with Gasteiger partial charge in [-0.25, -0.2) is 8.42 Å². The Morgan fingerprint density at radius 2 is 2.00 bits per heavy atom. The number of sulfonamides is 1. The average Bonchev–Trinajstić information content (AvgIpc) is 3.41. The zero-order valence-corrected chi connectivity index (χ0v) is 15.3. The van der Waals surface area contributed by atoms with E-state index in [-0.39, 0.29) is 16.7 Å². The van der Waals surface area contributed by atoms with Crippen LogP contribution in [0.3, 0.4) is 0 Å². The summed E-state index contributed by atoms with van der Waals surface area (Å²) in [4.78, 5) is 14.3. The van der Waals surface area contributed by atoms with E-state index in [0.717, 1.165) is 30.5 Å². The highest BCUT2D eigenvalue weighted by Gasteiger charge is 2.36. The van der Waals surface area contributed by atoms with Crippen molar-refractivity contribution in [3.05, 3.63) is 48.0 Å². The number of ether oxygens (including phenoxy) is 1. The number of methoxy groups -OCH3 is 1. The van der Waals surface area contributed by atoms with E-state index >= 15 is 0 Å². The number of carbonyl (C=O) groups is 1. The lowest BCUT2D eigenvalue weighted by atomic mass is 10.1. The van der Waals surface area contributed by atoms with E-state index in [2.05, 4.69) is 4.72 Å². The van der Waals surface area contributed by atoms with E-state index in [1.807, 2.05) is 6.07 Å². The Hall–Kier alpha value is -2.54. The van der Waals surface area contributed by atoms with E-state index in [0.29, 0.717) is 18.0 Å². The zero-order chi connectivity index (χ0) is 18.3. The quantitative estimate of drug-likeness (QED) is 0.876. The van der Waals surface area contributed by atoms with Crippen molar-refractivity contribution in [1.29, 1.82) is 0 Å². The second kappa shape index (κ2) is 6.32. The highest BCUT2D eigenvalue weighted by Crippen LogP contribution is 2.37. The van der Waals surface area contributed by atoms with Crippen LogP contribution >= 0.6 is 0 Å². The number of rotatable bonds is 5. The van der Waals surface area contributed by atoms with Crippen molar-refractivity contribution in [2.24, 2.45) is 5.92 Å². The predicted molar refractivity (Wildman–Crippen MR) is 99.0 cm³/mol. The highest BCUT2D eigenvalue weighted by molar-refractivity contribution is 7.92. The van der Waals surface area contributed by atoms with E-state index in [4.69, 9.17) is 4.74 Å². The summed E-state index contributed by atoms with van der Waals surface area (Å²) in [5.74, 6) is 0.762. The summed E-state index contributed by atoms with van der Waals surface area (Å²) < 4.78 is 33.0. The van der Waals surface area contributed by atoms with Gasteiger partial charge in [0.2, 0.25) is 5.91 Å². The monoisotopic (exact) mass is 372 g/mol. The third-order valence-electron chi connectivity index (χ3n) is 4.78. The maximum absolute atomic E-state index is 12.7. The first-order valence-electron chi connectivity index (χ1n) is 8.59. The van der Waals surface area contributed by atoms with Gasteiger partial charge in [-0.15, -0.1) is 0 Å². The molecule has 1 aliphatic carbocycles. The third-order valence-corrected chi connectivity index (χ3v) is 6.16. The van der Waals surface area contributed by atoms with Gasteiger partial charge in [-0.1, -0.05) is 12.1 Å². The summed E-state index contributed by atoms with van der Waals surface area (Å²) in [6, 6.07) is 11.7. The standard InChI is InChI=1S/C19H20N2O4S/c1-25-16-3-2-4-17(12-16)26(23,24)20-15-8-7-13-9-10-21(18(13)11-15)19(22)14-5-6-14/h2-4,7-8,11-12,14,20H,5-6,9-10H2,1H3. The van der Waals surface area contributed by atoms with Gasteiger partial charge in [0, 0.05) is 24.2 Å². The lowest BCUT2D eigenvalue weighted by molar-refractivity contribution is -0.119. The van der Waals surface area contributed by atoms with Crippen molar-refractivity contribution in [2.75, 3.05) is 23.3 Å². The van der Waals surface area contributed by atoms with Gasteiger partial charge in [-0.3, -0.25) is 9.52 Å². The number of carbonyl (C=O) groups excluding carboxylic acids is 1. The third kappa shape index (κ3) is 3.14. The molecule has 2 aromatic rings. The van der Waals surface area contributed by atoms with Crippen molar-refractivity contribution in [3.8, 4) is 5.75 Å². The molecule has 1 fully saturated rings. The molecule has 2 aliphatic rings. The molecule has 0 radical (unpaired) electrons. The van der Waals surface area contributed by atoms with Crippen LogP contribution in [0, 0.1) is 5.92 Å². The number of hydrogen-bond donors (Lipinski definition) is 1. The molecule has 0 saturated heterocycles. The van der Waals surface area contributed by atoms with Crippen LogP contribution in [0.2, 0.25) is 0 Å². The molecule has 1 heterocycles. The van der Waals surface area contributed by atoms with Crippen molar-refractivity contribution >= 4 is 27.3 Å². The zero-order valence-electron chi connectivity index (χ0n) is 14.4. The summed E-state index contributed by atoms with van der Waals surface area (Å²) in [6.45, 7) is 0.663. The molecule has 1 aliphatic heterocycles. The van der Waals surface area contributed by atoms with Gasteiger partial charge in [-0.2, -0.15) is 0 Å². The molecule has 1 saturated carbocycles. The molecular weight excluding hydrogens is 352 g/mol. The molecule has 1 amide bonds. The van der Waals surface area contributed by atoms with Gasteiger partial charge < -0.3 is 9.64 Å². The fraction of sp³-hybridized carbons (Fsp3) is 0.316. The number of anilines is 2. The largest absolute Gasteiger partial charge is 0.497 e. The Morgan fingerprint density at radius 1 is 1.19 bits per heavy atom. The van der Waals surface area contributed by atoms with Crippen molar-refractivity contribution in [3.63, 3.8) is 0 Å². The van der Waals surface area contributed by atoms with Crippen LogP contribution in [0.15, 0.2) is 47.4 Å². The molecule has 1 N–H and O–H groups in total. The molecule has 136 valence electrons. The molecule has 2 aromatic carbocycles. The number of hydrogen-bond acceptors (Lipinski definition) is 4. The van der Waals surface area contributed by atoms with Crippen molar-refractivity contribution in [2.45, 2.75) is 24.2 Å². The summed E-state index contributed by atoms with van der Waals surface area (Å²) in [5.41, 5.74) is 2.33. The van der Waals surface area contributed by atoms with E-state index in [1.54, 1.807) is 29.2 Å². The number of benzene rings is 2. The molecule has 26 heavy (non-hydrogen) atoms. The number of fused-ring (bicyclic) bond motifs is 1. The molecule has 6 nitrogen and oxygen atoms in total. The minimum absolute atomic E-state index is 0.128. The average molecular weight is 372 g/mol. The minimum atomic E-state index is -3.74. The Balaban J connectivity index is 1.61. The van der Waals surface area contributed by atoms with Gasteiger partial charge in [0.25, 0.3) is 10.0 Å². The smallest absolute Gasteiger partial charge is 0.262 e. The van der Waals surface area contributed by atoms with Crippen LogP contribution in [0.1, 0.15) is 18.4 Å². The molecule has 7 heteroatoms. The van der Waals surface area contributed by atoms with E-state index < -0.39 is 10.0 Å². The normalized spacial score (nSPS) is 16.3. The fourth-order valence-corrected chi connectivity index (χ4v) is 4.29. The lowest BCUT2D eigenvalue weighted by Gasteiger charge is -2.18. The molecule has 0 unspecified atom stereocenters. The summed E-state index contributed by atoms with van der Waals surface area (Å²) >= 11 is 0. The first-order valence-corrected chi connectivity index (χ1v) is 10.1. The predicted octanol–water partition coefficient (Wildman–Crippen LogP) is 2.80. The van der Waals surface area contributed by atoms with Crippen molar-refractivity contribution < 1.29 is 17.9 Å². The second-order valence-corrected chi connectivity index (χ2v) is 8.32. The van der Waals surface area contributed by atoms with Crippen LogP contribution in [0.4, 0.5) is 11.4 Å². The number of amides is 1. The van der Waals surface area contributed by atoms with Crippen LogP contribution < -0.4 is 14.4 Å². The summed E-state index contributed by atoms with van der Waals surface area (Å²) in [6.07, 6.45) is 2.70. The number of nitrogens with one attached hydrogen (secondary N) is 1. The SMILES string of the molecule is COc1cccc(S(=O)(=O)Nc2ccc3c(c2)N(C(=O)C2CC2)CC3)c1. The summed E-state index contributed by atoms with van der Waals surface area (Å²) in [5, 5.41) is 0. The first kappa shape index (κ1) is 16.9. The topological polar surface area (TPSA) is 75.7 Å². The Kier molecular flexibility index (Phi) is 4.11. The first-order chi connectivity index (χ1) is 12.5. The Morgan fingerprint density at radius 3 is 2.73 bits per heavy atom. The van der Waals surface area contributed by atoms with Gasteiger partial charge in [0.1, 0.15) is 5.75 Å². The fourth-order valence-electron chi connectivity index (χ4n) is 3.20. The maximum atomic E-state index is 12.7. The Labute approximate surface area is 152 Å². The summed E-state index contributed by atoms with van der Waals surface area (Å²) in [7, 11) is -2.25. The lowest BCUT2D eigenvalue weighted by Crippen LogP contribution is -2.30. The van der Waals surface area contributed by atoms with Crippen molar-refractivity contribution in [1.82, 2.24) is 0 Å². The maximum Gasteiger partial charge on any atom is 0.262 e. The van der Waals surface area contributed by atoms with Crippen LogP contribution in [0.25, 0.3) is 0 Å². The Bertz CT molecular complexity index is 967. The van der Waals surface area contributed by atoms with Gasteiger partial charge >= 0.3 is 0 Å². The highest BCUT2D eigenvalue weighted by atomic mass is 32.2. The van der Waals surface area contributed by atoms with Gasteiger partial charge in [-0.05, 0) is 49.1 Å². The molecule has 4 rings (SSSR count). The molecule has 0 bridgehead atoms. The van der Waals surface area contributed by atoms with Crippen LogP contribution in [-0.2, 0) is 21.2 Å². The minimum Gasteiger partial charge on any atom is -0.497 e. The van der Waals surface area contributed by atoms with Gasteiger partial charge in [0.05, 0.1) is 17.7 Å². The second-order valence-electron chi connectivity index (χ2n) is 6.64. The van der Waals surface area contributed by atoms with Crippen LogP contribution in [-0.4, -0.2) is 28.0 Å². The van der Waals surface area contributed by atoms with Gasteiger partial charge in [0.15, 0.2) is 0 Å². The van der Waals surface area contributed by atoms with E-state index in [1.165, 1.54) is 19.2 Å². The number of nitrogens with zero attached hydrogens (tertiary/aromatic N) is 1. The molecule has 0 aromatic heterocycles. The molecular formula is C19H20N2O4S. The molecule has 0 atom stereocenters.